The van der Waals surface area contributed by atoms with E-state index in [0.717, 1.165) is 44.3 Å². The van der Waals surface area contributed by atoms with Crippen molar-refractivity contribution in [3.05, 3.63) is 170 Å². The first-order valence-corrected chi connectivity index (χ1v) is 17.9. The van der Waals surface area contributed by atoms with E-state index in [1.807, 2.05) is 4.98 Å². The molecule has 0 aliphatic heterocycles. The Labute approximate surface area is 326 Å². The normalized spacial score (nSPS) is 11.9. The molecule has 0 aliphatic rings. The van der Waals surface area contributed by atoms with E-state index in [9.17, 15) is 55.2 Å². The van der Waals surface area contributed by atoms with Crippen LogP contribution in [0.25, 0.3) is 11.4 Å². The van der Waals surface area contributed by atoms with Crippen LogP contribution in [-0.2, 0) is 16.9 Å². The minimum absolute atomic E-state index is 0.0640. The maximum absolute atomic E-state index is 13.1. The smallest absolute Gasteiger partial charge is 0.457 e. The standard InChI is InChI=1S/C18H14F3N3O6S.C17H9Cl2FN4O2/c1-10-9-11(24-16(26)22-15(25)23(2)17(24)27)3-8-14(10)30-12-4-6-13(7-5-12)31(28,29)18(19,20)21;18-13-5-11(24-17(26)23-15(25)8-22-24)6-14(19)16(13)12(7-21)9-1-3-10(20)4-2-9/h3-9H,1-2H3,(H,22,25,26);1-6,8,12H,(H,23,25,26). The van der Waals surface area contributed by atoms with Crippen LogP contribution in [0.3, 0.4) is 0 Å². The van der Waals surface area contributed by atoms with E-state index >= 15 is 0 Å². The van der Waals surface area contributed by atoms with E-state index in [1.165, 1.54) is 61.6 Å². The Hall–Kier alpha value is -6.56. The lowest BCUT2D eigenvalue weighted by Crippen LogP contribution is -2.47. The van der Waals surface area contributed by atoms with Crippen molar-refractivity contribution in [3.8, 4) is 28.9 Å². The van der Waals surface area contributed by atoms with Crippen molar-refractivity contribution in [1.82, 2.24) is 28.9 Å². The monoisotopic (exact) mass is 847 g/mol. The molecule has 15 nitrogen and oxygen atoms in total. The van der Waals surface area contributed by atoms with Gasteiger partial charge in [0.15, 0.2) is 0 Å². The van der Waals surface area contributed by atoms with Gasteiger partial charge in [0.1, 0.15) is 23.5 Å². The summed E-state index contributed by atoms with van der Waals surface area (Å²) in [7, 11) is -4.27. The average Bonchev–Trinajstić information content (AvgIpc) is 3.14. The molecule has 22 heteroatoms. The molecule has 6 rings (SSSR count). The second-order valence-electron chi connectivity index (χ2n) is 11.7. The Kier molecular flexibility index (Phi) is 11.9. The summed E-state index contributed by atoms with van der Waals surface area (Å²) in [4.78, 5) is 61.9. The Morgan fingerprint density at radius 1 is 0.842 bits per heavy atom. The number of alkyl halides is 3. The first-order valence-electron chi connectivity index (χ1n) is 15.7. The molecule has 0 amide bonds. The number of hydrogen-bond acceptors (Lipinski definition) is 10. The van der Waals surface area contributed by atoms with E-state index in [2.05, 4.69) is 16.2 Å². The molecule has 0 spiro atoms. The van der Waals surface area contributed by atoms with Gasteiger partial charge in [-0.3, -0.25) is 14.8 Å². The summed E-state index contributed by atoms with van der Waals surface area (Å²) < 4.78 is 81.7. The van der Waals surface area contributed by atoms with Gasteiger partial charge in [0.2, 0.25) is 0 Å². The van der Waals surface area contributed by atoms with E-state index in [-0.39, 0.29) is 32.9 Å². The lowest BCUT2D eigenvalue weighted by molar-refractivity contribution is -0.0436. The summed E-state index contributed by atoms with van der Waals surface area (Å²) in [6.07, 6.45) is 0.938. The number of H-pyrrole nitrogens is 2. The number of nitrogens with one attached hydrogen (secondary N) is 2. The van der Waals surface area contributed by atoms with Crippen molar-refractivity contribution in [2.45, 2.75) is 23.2 Å². The second kappa shape index (κ2) is 16.3. The zero-order chi connectivity index (χ0) is 42.0. The van der Waals surface area contributed by atoms with Gasteiger partial charge in [-0.05, 0) is 84.8 Å². The molecular weight excluding hydrogens is 825 g/mol. The number of halogens is 6. The maximum Gasteiger partial charge on any atom is 0.501 e. The summed E-state index contributed by atoms with van der Waals surface area (Å²) >= 11 is 12.6. The second-order valence-corrected chi connectivity index (χ2v) is 14.4. The number of rotatable bonds is 7. The molecule has 1 unspecified atom stereocenters. The number of hydrogen-bond donors (Lipinski definition) is 2. The van der Waals surface area contributed by atoms with E-state index in [1.54, 1.807) is 6.92 Å². The molecule has 2 aromatic heterocycles. The summed E-state index contributed by atoms with van der Waals surface area (Å²) in [5, 5.41) is 13.5. The molecule has 0 saturated heterocycles. The quantitative estimate of drug-likeness (QED) is 0.213. The fourth-order valence-corrected chi connectivity index (χ4v) is 6.54. The van der Waals surface area contributed by atoms with Gasteiger partial charge in [-0.25, -0.2) is 41.1 Å². The zero-order valence-corrected chi connectivity index (χ0v) is 31.2. The predicted molar refractivity (Wildman–Crippen MR) is 197 cm³/mol. The molecule has 2 N–H and O–H groups in total. The van der Waals surface area contributed by atoms with Crippen molar-refractivity contribution in [2.24, 2.45) is 7.05 Å². The van der Waals surface area contributed by atoms with Gasteiger partial charge in [0.05, 0.1) is 28.3 Å². The Morgan fingerprint density at radius 2 is 1.46 bits per heavy atom. The molecule has 2 heterocycles. The molecule has 6 aromatic rings. The summed E-state index contributed by atoms with van der Waals surface area (Å²) in [6.45, 7) is 1.59. The van der Waals surface area contributed by atoms with Crippen LogP contribution in [0.15, 0.2) is 114 Å². The zero-order valence-electron chi connectivity index (χ0n) is 28.8. The third-order valence-corrected chi connectivity index (χ3v) is 10.1. The van der Waals surface area contributed by atoms with Gasteiger partial charge in [0.25, 0.3) is 15.4 Å². The first-order chi connectivity index (χ1) is 26.7. The highest BCUT2D eigenvalue weighted by Crippen LogP contribution is 2.37. The largest absolute Gasteiger partial charge is 0.501 e. The fraction of sp³-hybridized carbons (Fsp3) is 0.114. The average molecular weight is 849 g/mol. The van der Waals surface area contributed by atoms with Gasteiger partial charge < -0.3 is 4.74 Å². The maximum atomic E-state index is 13.1. The third kappa shape index (κ3) is 8.80. The van der Waals surface area contributed by atoms with Crippen molar-refractivity contribution in [2.75, 3.05) is 0 Å². The van der Waals surface area contributed by atoms with Crippen LogP contribution in [0.5, 0.6) is 11.5 Å². The number of benzene rings is 4. The molecule has 0 saturated carbocycles. The molecular formula is C35H23Cl2F4N7O8S. The fourth-order valence-electron chi connectivity index (χ4n) is 5.08. The van der Waals surface area contributed by atoms with Gasteiger partial charge in [-0.15, -0.1) is 0 Å². The Morgan fingerprint density at radius 3 is 2.00 bits per heavy atom. The van der Waals surface area contributed by atoms with E-state index in [4.69, 9.17) is 27.9 Å². The predicted octanol–water partition coefficient (Wildman–Crippen LogP) is 4.64. The van der Waals surface area contributed by atoms with E-state index < -0.39 is 60.3 Å². The third-order valence-electron chi connectivity index (χ3n) is 7.93. The minimum Gasteiger partial charge on any atom is -0.457 e. The SMILES string of the molecule is Cc1cc(-n2c(=O)[nH]c(=O)n(C)c2=O)ccc1Oc1ccc(S(=O)(=O)C(F)(F)F)cc1.N#CC(c1ccc(F)cc1)c1c(Cl)cc(-n2ncc(=O)[nH]c2=O)cc1Cl. The van der Waals surface area contributed by atoms with Crippen LogP contribution in [0.1, 0.15) is 22.6 Å². The summed E-state index contributed by atoms with van der Waals surface area (Å²) in [5.41, 5.74) is -7.80. The van der Waals surface area contributed by atoms with Crippen molar-refractivity contribution >= 4 is 33.0 Å². The first kappa shape index (κ1) is 41.6. The highest BCUT2D eigenvalue weighted by Gasteiger charge is 2.46. The number of nitrogens with zero attached hydrogens (tertiary/aromatic N) is 5. The van der Waals surface area contributed by atoms with Crippen LogP contribution in [0, 0.1) is 24.1 Å². The highest BCUT2D eigenvalue weighted by atomic mass is 35.5. The van der Waals surface area contributed by atoms with Crippen LogP contribution in [0.2, 0.25) is 10.0 Å². The number of aromatic nitrogens is 6. The van der Waals surface area contributed by atoms with E-state index in [0.29, 0.717) is 16.7 Å². The highest BCUT2D eigenvalue weighted by molar-refractivity contribution is 7.92. The molecule has 0 fully saturated rings. The Bertz CT molecular complexity index is 2950. The molecule has 57 heavy (non-hydrogen) atoms. The topological polar surface area (TPSA) is 212 Å². The number of aryl methyl sites for hydroxylation is 1. The lowest BCUT2D eigenvalue weighted by atomic mass is 9.92. The van der Waals surface area contributed by atoms with Crippen LogP contribution < -0.4 is 33.1 Å². The summed E-state index contributed by atoms with van der Waals surface area (Å²) in [6, 6.07) is 18.2. The minimum atomic E-state index is -5.47. The van der Waals surface area contributed by atoms with Crippen LogP contribution in [0.4, 0.5) is 17.6 Å². The van der Waals surface area contributed by atoms with Crippen molar-refractivity contribution < 1.29 is 30.7 Å². The molecule has 1 atom stereocenters. The van der Waals surface area contributed by atoms with Gasteiger partial charge in [0, 0.05) is 22.7 Å². The van der Waals surface area contributed by atoms with Gasteiger partial charge >= 0.3 is 28.3 Å². The number of sulfone groups is 1. The van der Waals surface area contributed by atoms with Gasteiger partial charge in [-0.1, -0.05) is 35.3 Å². The molecule has 0 radical (unpaired) electrons. The number of aromatic amines is 2. The van der Waals surface area contributed by atoms with Gasteiger partial charge in [-0.2, -0.15) is 28.2 Å². The lowest BCUT2D eigenvalue weighted by Gasteiger charge is -2.15. The van der Waals surface area contributed by atoms with Crippen LogP contribution >= 0.6 is 23.2 Å². The molecule has 0 bridgehead atoms. The molecule has 4 aromatic carbocycles. The molecule has 294 valence electrons. The Balaban J connectivity index is 0.000000221. The number of nitriles is 1. The number of ether oxygens (including phenoxy) is 1. The molecule has 0 aliphatic carbocycles. The van der Waals surface area contributed by atoms with Crippen LogP contribution in [-0.4, -0.2) is 42.8 Å². The summed E-state index contributed by atoms with van der Waals surface area (Å²) in [5.74, 6) is -0.954. The van der Waals surface area contributed by atoms with Crippen molar-refractivity contribution in [1.29, 1.82) is 5.26 Å². The van der Waals surface area contributed by atoms with Crippen molar-refractivity contribution in [3.63, 3.8) is 0 Å².